The molecule has 1 N–H and O–H groups in total. The number of rotatable bonds is 1. The van der Waals surface area contributed by atoms with Gasteiger partial charge in [0.25, 0.3) is 0 Å². The van der Waals surface area contributed by atoms with E-state index in [0.717, 1.165) is 6.07 Å². The summed E-state index contributed by atoms with van der Waals surface area (Å²) in [4.78, 5) is 4.97. The molecule has 0 saturated heterocycles. The standard InChI is InChI=1S/C9H3BrF6N2O/c10-3-1-4-6(5(2-3)19-9(14,15)16)18-7(17-4)8(11,12)13/h1-2H,(H,17,18). The fourth-order valence-corrected chi connectivity index (χ4v) is 1.83. The number of aromatic amines is 1. The monoisotopic (exact) mass is 348 g/mol. The Morgan fingerprint density at radius 1 is 1.11 bits per heavy atom. The molecule has 104 valence electrons. The molecule has 10 heteroatoms. The number of ether oxygens (including phenoxy) is 1. The maximum absolute atomic E-state index is 12.4. The molecular weight excluding hydrogens is 346 g/mol. The van der Waals surface area contributed by atoms with Crippen LogP contribution in [-0.4, -0.2) is 16.3 Å². The topological polar surface area (TPSA) is 37.9 Å². The lowest BCUT2D eigenvalue weighted by molar-refractivity contribution is -0.274. The van der Waals surface area contributed by atoms with Crippen LogP contribution in [0.25, 0.3) is 11.0 Å². The van der Waals surface area contributed by atoms with Gasteiger partial charge in [0, 0.05) is 4.47 Å². The Morgan fingerprint density at radius 3 is 2.26 bits per heavy atom. The van der Waals surface area contributed by atoms with Crippen LogP contribution < -0.4 is 4.74 Å². The van der Waals surface area contributed by atoms with Gasteiger partial charge in [-0.2, -0.15) is 13.2 Å². The Bertz CT molecular complexity index is 617. The second-order valence-electron chi connectivity index (χ2n) is 3.43. The molecule has 3 nitrogen and oxygen atoms in total. The van der Waals surface area contributed by atoms with Crippen molar-refractivity contribution < 1.29 is 31.1 Å². The van der Waals surface area contributed by atoms with Crippen LogP contribution in [0.5, 0.6) is 5.75 Å². The molecule has 0 atom stereocenters. The summed E-state index contributed by atoms with van der Waals surface area (Å²) in [6.07, 6.45) is -9.81. The van der Waals surface area contributed by atoms with Crippen LogP contribution in [-0.2, 0) is 6.18 Å². The summed E-state index contributed by atoms with van der Waals surface area (Å²) in [6, 6.07) is 2.05. The molecule has 19 heavy (non-hydrogen) atoms. The average molecular weight is 349 g/mol. The Kier molecular flexibility index (Phi) is 3.15. The van der Waals surface area contributed by atoms with E-state index in [9.17, 15) is 26.3 Å². The molecule has 0 unspecified atom stereocenters. The average Bonchev–Trinajstić information content (AvgIpc) is 2.57. The third-order valence-corrected chi connectivity index (χ3v) is 2.47. The molecule has 0 fully saturated rings. The van der Waals surface area contributed by atoms with Crippen molar-refractivity contribution in [1.29, 1.82) is 0 Å². The SMILES string of the molecule is FC(F)(F)Oc1cc(Br)cc2[nH]c(C(F)(F)F)nc12. The summed E-state index contributed by atoms with van der Waals surface area (Å²) < 4.78 is 77.5. The summed E-state index contributed by atoms with van der Waals surface area (Å²) in [5.41, 5.74) is -0.770. The fraction of sp³-hybridized carbons (Fsp3) is 0.222. The van der Waals surface area contributed by atoms with E-state index in [1.165, 1.54) is 6.07 Å². The van der Waals surface area contributed by atoms with Crippen LogP contribution in [0.2, 0.25) is 0 Å². The molecular formula is C9H3BrF6N2O. The van der Waals surface area contributed by atoms with Gasteiger partial charge in [-0.25, -0.2) is 4.98 Å². The quantitative estimate of drug-likeness (QED) is 0.782. The highest BCUT2D eigenvalue weighted by molar-refractivity contribution is 9.10. The Labute approximate surface area is 109 Å². The molecule has 2 aromatic rings. The molecule has 0 radical (unpaired) electrons. The number of nitrogens with one attached hydrogen (secondary N) is 1. The van der Waals surface area contributed by atoms with E-state index in [2.05, 4.69) is 25.7 Å². The van der Waals surface area contributed by atoms with E-state index < -0.39 is 29.6 Å². The highest BCUT2D eigenvalue weighted by Crippen LogP contribution is 2.35. The second-order valence-corrected chi connectivity index (χ2v) is 4.35. The van der Waals surface area contributed by atoms with E-state index in [-0.39, 0.29) is 9.99 Å². The summed E-state index contributed by atoms with van der Waals surface area (Å²) in [6.45, 7) is 0. The van der Waals surface area contributed by atoms with Crippen molar-refractivity contribution in [2.45, 2.75) is 12.5 Å². The Morgan fingerprint density at radius 2 is 1.74 bits per heavy atom. The first-order valence-electron chi connectivity index (χ1n) is 4.58. The van der Waals surface area contributed by atoms with Crippen LogP contribution in [0.15, 0.2) is 16.6 Å². The Hall–Kier alpha value is -1.45. The van der Waals surface area contributed by atoms with E-state index >= 15 is 0 Å². The van der Waals surface area contributed by atoms with Crippen LogP contribution in [0.3, 0.4) is 0 Å². The van der Waals surface area contributed by atoms with Gasteiger partial charge in [-0.15, -0.1) is 13.2 Å². The summed E-state index contributed by atoms with van der Waals surface area (Å²) in [7, 11) is 0. The number of H-pyrrole nitrogens is 1. The van der Waals surface area contributed by atoms with Crippen molar-refractivity contribution in [3.63, 3.8) is 0 Å². The molecule has 1 aromatic carbocycles. The van der Waals surface area contributed by atoms with Gasteiger partial charge in [-0.1, -0.05) is 15.9 Å². The van der Waals surface area contributed by atoms with E-state index in [4.69, 9.17) is 0 Å². The van der Waals surface area contributed by atoms with Crippen LogP contribution in [0.4, 0.5) is 26.3 Å². The highest BCUT2D eigenvalue weighted by atomic mass is 79.9. The van der Waals surface area contributed by atoms with E-state index in [1.54, 1.807) is 0 Å². The first-order chi connectivity index (χ1) is 8.56. The number of nitrogens with zero attached hydrogens (tertiary/aromatic N) is 1. The largest absolute Gasteiger partial charge is 0.573 e. The molecule has 0 spiro atoms. The minimum atomic E-state index is -5.02. The van der Waals surface area contributed by atoms with E-state index in [0.29, 0.717) is 0 Å². The van der Waals surface area contributed by atoms with E-state index in [1.807, 2.05) is 4.98 Å². The summed E-state index contributed by atoms with van der Waals surface area (Å²) in [5, 5.41) is 0. The van der Waals surface area contributed by atoms with Crippen molar-refractivity contribution in [3.05, 3.63) is 22.4 Å². The maximum atomic E-state index is 12.4. The Balaban J connectivity index is 2.60. The number of hydrogen-bond donors (Lipinski definition) is 1. The zero-order valence-electron chi connectivity index (χ0n) is 8.66. The van der Waals surface area contributed by atoms with Gasteiger partial charge < -0.3 is 9.72 Å². The molecule has 2 rings (SSSR count). The van der Waals surface area contributed by atoms with Crippen molar-refractivity contribution in [2.75, 3.05) is 0 Å². The van der Waals surface area contributed by atoms with Crippen molar-refractivity contribution in [3.8, 4) is 5.75 Å². The number of aromatic nitrogens is 2. The lowest BCUT2D eigenvalue weighted by Crippen LogP contribution is -2.17. The molecule has 0 saturated carbocycles. The smallest absolute Gasteiger partial charge is 0.403 e. The molecule has 0 bridgehead atoms. The molecule has 0 amide bonds. The third-order valence-electron chi connectivity index (χ3n) is 2.01. The van der Waals surface area contributed by atoms with Crippen LogP contribution in [0, 0.1) is 0 Å². The fourth-order valence-electron chi connectivity index (χ4n) is 1.39. The molecule has 0 aliphatic carbocycles. The van der Waals surface area contributed by atoms with Gasteiger partial charge in [0.15, 0.2) is 5.75 Å². The molecule has 0 aliphatic heterocycles. The summed E-state index contributed by atoms with van der Waals surface area (Å²) in [5.74, 6) is -2.21. The van der Waals surface area contributed by atoms with Crippen molar-refractivity contribution >= 4 is 27.0 Å². The van der Waals surface area contributed by atoms with Crippen molar-refractivity contribution in [2.24, 2.45) is 0 Å². The minimum Gasteiger partial charge on any atom is -0.403 e. The van der Waals surface area contributed by atoms with Crippen molar-refractivity contribution in [1.82, 2.24) is 9.97 Å². The van der Waals surface area contributed by atoms with Gasteiger partial charge >= 0.3 is 12.5 Å². The summed E-state index contributed by atoms with van der Waals surface area (Å²) >= 11 is 2.87. The second kappa shape index (κ2) is 4.29. The lowest BCUT2D eigenvalue weighted by Gasteiger charge is -2.09. The number of benzene rings is 1. The zero-order valence-corrected chi connectivity index (χ0v) is 10.2. The number of imidazole rings is 1. The van der Waals surface area contributed by atoms with Gasteiger partial charge in [0.1, 0.15) is 5.52 Å². The zero-order chi connectivity index (χ0) is 14.4. The third kappa shape index (κ3) is 3.11. The number of fused-ring (bicyclic) bond motifs is 1. The molecule has 1 heterocycles. The van der Waals surface area contributed by atoms with Gasteiger partial charge in [-0.05, 0) is 12.1 Å². The van der Waals surface area contributed by atoms with Crippen LogP contribution in [0.1, 0.15) is 5.82 Å². The van der Waals surface area contributed by atoms with Gasteiger partial charge in [0.2, 0.25) is 5.82 Å². The number of hydrogen-bond acceptors (Lipinski definition) is 2. The first kappa shape index (κ1) is 14.0. The lowest BCUT2D eigenvalue weighted by atomic mass is 10.3. The van der Waals surface area contributed by atoms with Crippen LogP contribution >= 0.6 is 15.9 Å². The van der Waals surface area contributed by atoms with Gasteiger partial charge in [-0.3, -0.25) is 0 Å². The predicted octanol–water partition coefficient (Wildman–Crippen LogP) is 4.24. The highest BCUT2D eigenvalue weighted by Gasteiger charge is 2.37. The molecule has 1 aromatic heterocycles. The number of alkyl halides is 6. The number of halogens is 7. The first-order valence-corrected chi connectivity index (χ1v) is 5.38. The normalized spacial score (nSPS) is 13.0. The van der Waals surface area contributed by atoms with Gasteiger partial charge in [0.05, 0.1) is 5.52 Å². The predicted molar refractivity (Wildman–Crippen MR) is 55.5 cm³/mol. The minimum absolute atomic E-state index is 0.122. The maximum Gasteiger partial charge on any atom is 0.573 e. The molecule has 0 aliphatic rings.